The molecule has 0 aliphatic carbocycles. The van der Waals surface area contributed by atoms with E-state index in [9.17, 15) is 4.79 Å². The Balaban J connectivity index is 1.85. The van der Waals surface area contributed by atoms with Crippen LogP contribution in [0.25, 0.3) is 0 Å². The highest BCUT2D eigenvalue weighted by Gasteiger charge is 2.16. The van der Waals surface area contributed by atoms with E-state index in [1.807, 2.05) is 0 Å². The van der Waals surface area contributed by atoms with Crippen LogP contribution < -0.4 is 10.6 Å². The predicted molar refractivity (Wildman–Crippen MR) is 83.5 cm³/mol. The van der Waals surface area contributed by atoms with E-state index in [-0.39, 0.29) is 22.1 Å². The summed E-state index contributed by atoms with van der Waals surface area (Å²) in [4.78, 5) is 12.0. The fraction of sp³-hybridized carbons (Fsp3) is 0.385. The zero-order valence-corrected chi connectivity index (χ0v) is 12.9. The van der Waals surface area contributed by atoms with E-state index >= 15 is 0 Å². The molecule has 1 aromatic rings. The summed E-state index contributed by atoms with van der Waals surface area (Å²) in [5.74, 6) is -0.364. The summed E-state index contributed by atoms with van der Waals surface area (Å²) < 4.78 is 5.45. The largest absolute Gasteiger partial charge is 0.376 e. The third-order valence-corrected chi connectivity index (χ3v) is 3.71. The summed E-state index contributed by atoms with van der Waals surface area (Å²) in [6.45, 7) is 1.37. The molecule has 1 saturated heterocycles. The van der Waals surface area contributed by atoms with Gasteiger partial charge in [0.2, 0.25) is 0 Å². The molecule has 0 unspecified atom stereocenters. The lowest BCUT2D eigenvalue weighted by Crippen LogP contribution is -2.42. The van der Waals surface area contributed by atoms with Crippen molar-refractivity contribution in [3.05, 3.63) is 33.8 Å². The number of amides is 1. The maximum Gasteiger partial charge on any atom is 0.258 e. The van der Waals surface area contributed by atoms with E-state index in [0.717, 1.165) is 19.4 Å². The van der Waals surface area contributed by atoms with Gasteiger partial charge in [0.25, 0.3) is 5.91 Å². The van der Waals surface area contributed by atoms with Crippen molar-refractivity contribution in [3.8, 4) is 0 Å². The lowest BCUT2D eigenvalue weighted by molar-refractivity contribution is 0.0973. The molecule has 108 valence electrons. The third-order valence-electron chi connectivity index (χ3n) is 2.92. The van der Waals surface area contributed by atoms with Crippen LogP contribution in [0.5, 0.6) is 0 Å². The monoisotopic (exact) mass is 332 g/mol. The molecule has 20 heavy (non-hydrogen) atoms. The van der Waals surface area contributed by atoms with Gasteiger partial charge in [-0.3, -0.25) is 10.1 Å². The minimum atomic E-state index is -0.364. The van der Waals surface area contributed by atoms with Crippen molar-refractivity contribution in [2.24, 2.45) is 0 Å². The van der Waals surface area contributed by atoms with Crippen LogP contribution in [0.1, 0.15) is 23.2 Å². The molecule has 1 atom stereocenters. The quantitative estimate of drug-likeness (QED) is 0.835. The Kier molecular flexibility index (Phi) is 5.60. The smallest absolute Gasteiger partial charge is 0.258 e. The van der Waals surface area contributed by atoms with Crippen LogP contribution in [0.4, 0.5) is 0 Å². The Morgan fingerprint density at radius 2 is 2.25 bits per heavy atom. The molecule has 0 bridgehead atoms. The van der Waals surface area contributed by atoms with E-state index in [4.69, 9.17) is 40.2 Å². The van der Waals surface area contributed by atoms with Gasteiger partial charge < -0.3 is 10.1 Å². The molecule has 2 rings (SSSR count). The summed E-state index contributed by atoms with van der Waals surface area (Å²) >= 11 is 16.8. The predicted octanol–water partition coefficient (Wildman–Crippen LogP) is 2.78. The number of thiocarbonyl (C=S) groups is 1. The Hall–Kier alpha value is -0.880. The van der Waals surface area contributed by atoms with Gasteiger partial charge in [-0.2, -0.15) is 0 Å². The molecule has 1 aromatic carbocycles. The number of carbonyl (C=O) groups is 1. The number of hydrogen-bond donors (Lipinski definition) is 2. The Morgan fingerprint density at radius 3 is 2.90 bits per heavy atom. The highest BCUT2D eigenvalue weighted by atomic mass is 35.5. The minimum absolute atomic E-state index is 0.156. The first-order valence-electron chi connectivity index (χ1n) is 6.22. The van der Waals surface area contributed by atoms with Gasteiger partial charge >= 0.3 is 0 Å². The van der Waals surface area contributed by atoms with E-state index < -0.39 is 0 Å². The van der Waals surface area contributed by atoms with Crippen LogP contribution in [-0.2, 0) is 4.74 Å². The van der Waals surface area contributed by atoms with Gasteiger partial charge in [0.15, 0.2) is 5.11 Å². The number of carbonyl (C=O) groups excluding carboxylic acids is 1. The molecule has 1 fully saturated rings. The van der Waals surface area contributed by atoms with Crippen LogP contribution in [0.15, 0.2) is 18.2 Å². The number of hydrogen-bond acceptors (Lipinski definition) is 3. The Morgan fingerprint density at radius 1 is 1.45 bits per heavy atom. The van der Waals surface area contributed by atoms with E-state index in [0.29, 0.717) is 17.1 Å². The zero-order valence-electron chi connectivity index (χ0n) is 10.6. The highest BCUT2D eigenvalue weighted by Crippen LogP contribution is 2.20. The van der Waals surface area contributed by atoms with Crippen molar-refractivity contribution < 1.29 is 9.53 Å². The van der Waals surface area contributed by atoms with Crippen molar-refractivity contribution in [1.29, 1.82) is 0 Å². The maximum atomic E-state index is 12.0. The molecule has 1 amide bonds. The SMILES string of the molecule is O=C(NC(=S)NC[C@H]1CCCO1)c1ccc(Cl)cc1Cl. The maximum absolute atomic E-state index is 12.0. The molecular weight excluding hydrogens is 319 g/mol. The van der Waals surface area contributed by atoms with E-state index in [1.165, 1.54) is 6.07 Å². The van der Waals surface area contributed by atoms with Crippen LogP contribution >= 0.6 is 35.4 Å². The van der Waals surface area contributed by atoms with Crippen molar-refractivity contribution in [2.45, 2.75) is 18.9 Å². The summed E-state index contributed by atoms with van der Waals surface area (Å²) in [6.07, 6.45) is 2.22. The van der Waals surface area contributed by atoms with E-state index in [1.54, 1.807) is 12.1 Å². The fourth-order valence-corrected chi connectivity index (χ4v) is 2.57. The van der Waals surface area contributed by atoms with Crippen molar-refractivity contribution in [2.75, 3.05) is 13.2 Å². The third kappa shape index (κ3) is 4.31. The number of nitrogens with one attached hydrogen (secondary N) is 2. The topological polar surface area (TPSA) is 50.4 Å². The van der Waals surface area contributed by atoms with Crippen LogP contribution in [0.3, 0.4) is 0 Å². The first-order chi connectivity index (χ1) is 9.56. The van der Waals surface area contributed by atoms with Crippen LogP contribution in [0.2, 0.25) is 10.0 Å². The van der Waals surface area contributed by atoms with Gasteiger partial charge in [-0.15, -0.1) is 0 Å². The minimum Gasteiger partial charge on any atom is -0.376 e. The van der Waals surface area contributed by atoms with Crippen LogP contribution in [0, 0.1) is 0 Å². The summed E-state index contributed by atoms with van der Waals surface area (Å²) in [7, 11) is 0. The van der Waals surface area contributed by atoms with Gasteiger partial charge in [-0.25, -0.2) is 0 Å². The summed E-state index contributed by atoms with van der Waals surface area (Å²) in [6, 6.07) is 4.68. The average molecular weight is 333 g/mol. The number of halogens is 2. The second kappa shape index (κ2) is 7.22. The van der Waals surface area contributed by atoms with Crippen molar-refractivity contribution in [3.63, 3.8) is 0 Å². The van der Waals surface area contributed by atoms with E-state index in [2.05, 4.69) is 10.6 Å². The molecule has 0 saturated carbocycles. The molecule has 2 N–H and O–H groups in total. The second-order valence-electron chi connectivity index (χ2n) is 4.42. The first kappa shape index (κ1) is 15.5. The molecule has 0 radical (unpaired) electrons. The molecule has 1 heterocycles. The van der Waals surface area contributed by atoms with Crippen LogP contribution in [-0.4, -0.2) is 30.3 Å². The normalized spacial score (nSPS) is 17.8. The highest BCUT2D eigenvalue weighted by molar-refractivity contribution is 7.80. The van der Waals surface area contributed by atoms with Gasteiger partial charge in [0.05, 0.1) is 16.7 Å². The van der Waals surface area contributed by atoms with Crippen molar-refractivity contribution in [1.82, 2.24) is 10.6 Å². The number of benzene rings is 1. The fourth-order valence-electron chi connectivity index (χ4n) is 1.90. The Labute approximate surface area is 132 Å². The lowest BCUT2D eigenvalue weighted by atomic mass is 10.2. The van der Waals surface area contributed by atoms with Gasteiger partial charge in [0, 0.05) is 18.2 Å². The number of ether oxygens (including phenoxy) is 1. The molecular formula is C13H14Cl2N2O2S. The average Bonchev–Trinajstić information content (AvgIpc) is 2.89. The zero-order chi connectivity index (χ0) is 14.5. The summed E-state index contributed by atoms with van der Waals surface area (Å²) in [5, 5.41) is 6.57. The molecule has 4 nitrogen and oxygen atoms in total. The van der Waals surface area contributed by atoms with Gasteiger partial charge in [-0.1, -0.05) is 23.2 Å². The summed E-state index contributed by atoms with van der Waals surface area (Å²) in [5.41, 5.74) is 0.331. The molecule has 0 aromatic heterocycles. The van der Waals surface area contributed by atoms with Gasteiger partial charge in [-0.05, 0) is 43.3 Å². The van der Waals surface area contributed by atoms with Crippen molar-refractivity contribution >= 4 is 46.4 Å². The molecule has 7 heteroatoms. The molecule has 1 aliphatic rings. The first-order valence-corrected chi connectivity index (χ1v) is 7.38. The lowest BCUT2D eigenvalue weighted by Gasteiger charge is -2.13. The molecule has 1 aliphatic heterocycles. The van der Waals surface area contributed by atoms with Gasteiger partial charge in [0.1, 0.15) is 0 Å². The molecule has 0 spiro atoms. The number of rotatable bonds is 3. The Bertz CT molecular complexity index is 519. The second-order valence-corrected chi connectivity index (χ2v) is 5.68. The standard InChI is InChI=1S/C13H14Cl2N2O2S/c14-8-3-4-10(11(15)6-8)12(18)17-13(20)16-7-9-2-1-5-19-9/h3-4,6,9H,1-2,5,7H2,(H2,16,17,18,20)/t9-/m1/s1.